The maximum atomic E-state index is 15.4. The number of ether oxygens (including phenoxy) is 4. The molecule has 0 unspecified atom stereocenters. The van der Waals surface area contributed by atoms with Crippen molar-refractivity contribution in [3.05, 3.63) is 117 Å². The lowest BCUT2D eigenvalue weighted by atomic mass is 9.86. The molecule has 2 N–H and O–H groups in total. The second-order valence-electron chi connectivity index (χ2n) is 12.2. The molecule has 3 aliphatic rings. The summed E-state index contributed by atoms with van der Waals surface area (Å²) in [4.78, 5) is 33.6. The lowest BCUT2D eigenvalue weighted by molar-refractivity contribution is -0.377. The molecule has 0 aliphatic carbocycles. The van der Waals surface area contributed by atoms with Crippen LogP contribution in [0.5, 0.6) is 11.5 Å². The summed E-state index contributed by atoms with van der Waals surface area (Å²) >= 11 is 12.9. The van der Waals surface area contributed by atoms with Crippen molar-refractivity contribution in [1.82, 2.24) is 4.90 Å². The van der Waals surface area contributed by atoms with Crippen LogP contribution in [-0.2, 0) is 22.4 Å². The highest BCUT2D eigenvalue weighted by atomic mass is 35.5. The molecule has 3 fully saturated rings. The number of anilines is 1. The summed E-state index contributed by atoms with van der Waals surface area (Å²) in [5.41, 5.74) is 0.972. The molecule has 1 amide bonds. The molecule has 51 heavy (non-hydrogen) atoms. The van der Waals surface area contributed by atoms with E-state index in [1.807, 2.05) is 0 Å². The van der Waals surface area contributed by atoms with E-state index in [0.29, 0.717) is 39.2 Å². The summed E-state index contributed by atoms with van der Waals surface area (Å²) in [5.74, 6) is -1.07. The number of piperidine rings is 3. The van der Waals surface area contributed by atoms with Gasteiger partial charge in [0.05, 0.1) is 32.0 Å². The smallest absolute Gasteiger partial charge is 0.415 e. The van der Waals surface area contributed by atoms with E-state index in [-0.39, 0.29) is 40.7 Å². The van der Waals surface area contributed by atoms with E-state index in [9.17, 15) is 9.59 Å². The second-order valence-corrected chi connectivity index (χ2v) is 13.1. The fraction of sp³-hybridized carbons (Fsp3) is 0.324. The number of pyridine rings is 1. The maximum Gasteiger partial charge on any atom is 0.415 e. The van der Waals surface area contributed by atoms with Crippen LogP contribution in [0.3, 0.4) is 0 Å². The van der Waals surface area contributed by atoms with Crippen molar-refractivity contribution in [3.8, 4) is 11.5 Å². The van der Waals surface area contributed by atoms with Crippen LogP contribution < -0.4 is 19.4 Å². The van der Waals surface area contributed by atoms with Gasteiger partial charge in [0, 0.05) is 24.1 Å². The molecule has 14 heteroatoms. The van der Waals surface area contributed by atoms with E-state index >= 15 is 8.78 Å². The molecule has 7 rings (SSSR count). The maximum absolute atomic E-state index is 15.4. The Hall–Kier alpha value is -4.49. The average Bonchev–Trinajstić information content (AvgIpc) is 3.12. The van der Waals surface area contributed by atoms with E-state index in [1.54, 1.807) is 36.7 Å². The number of aromatic nitrogens is 1. The Balaban J connectivity index is 0.00000504. The van der Waals surface area contributed by atoms with Crippen molar-refractivity contribution >= 4 is 41.0 Å². The number of hydrogen-bond acceptors (Lipinski definition) is 8. The van der Waals surface area contributed by atoms with Crippen LogP contribution in [0, 0.1) is 17.6 Å². The van der Waals surface area contributed by atoms with Crippen molar-refractivity contribution in [2.75, 3.05) is 38.8 Å². The molecule has 3 aliphatic heterocycles. The number of H-pyrrole nitrogens is 1. The number of carbonyl (C=O) groups is 2. The van der Waals surface area contributed by atoms with Gasteiger partial charge in [-0.1, -0.05) is 41.4 Å². The van der Waals surface area contributed by atoms with Gasteiger partial charge in [-0.2, -0.15) is 0 Å². The first kappa shape index (κ1) is 37.8. The number of esters is 1. The molecule has 3 aromatic carbocycles. The summed E-state index contributed by atoms with van der Waals surface area (Å²) in [7, 11) is 2.99. The van der Waals surface area contributed by atoms with Crippen molar-refractivity contribution in [1.29, 1.82) is 0 Å². The topological polar surface area (TPSA) is 122 Å². The Bertz CT molecular complexity index is 1860. The quantitative estimate of drug-likeness (QED) is 0.147. The fourth-order valence-electron chi connectivity index (χ4n) is 6.48. The third-order valence-electron chi connectivity index (χ3n) is 9.24. The standard InChI is InChI=1S/C37H35Cl2F2N3O6.H2O/c1-47-32-10-8-23(16-34(32)48-2)33(17-26-27(38)18-42-19-28(26)39)49-36(45)24-7-9-29(40)25(15-24)20-44(31-6-4-3-5-30(31)41)37(46)50-35-21-43-13-11-22(35)12-14-43;/h3-10,15-16,18-19,22,33,35H,11-14,17,20-21H2,1-2H3;1H2/t33-,35-;/m0./s1. The van der Waals surface area contributed by atoms with Crippen LogP contribution in [0.4, 0.5) is 19.3 Å². The lowest BCUT2D eigenvalue weighted by Gasteiger charge is -2.44. The van der Waals surface area contributed by atoms with Gasteiger partial charge >= 0.3 is 12.1 Å². The summed E-state index contributed by atoms with van der Waals surface area (Å²) in [6, 6.07) is 14.5. The SMILES string of the molecule is COc1ccc([C@H](Cc2c(Cl)c[nH+]cc2Cl)OC(=O)c2ccc(F)c(CN(C(=O)O[C@H]3CN4CCC3CC4)c3ccccc3F)c2)cc1OC.[OH-]. The number of aromatic amines is 1. The number of hydrogen-bond donors (Lipinski definition) is 0. The minimum absolute atomic E-state index is 0. The summed E-state index contributed by atoms with van der Waals surface area (Å²) in [6.45, 7) is 2.08. The van der Waals surface area contributed by atoms with Crippen LogP contribution in [0.1, 0.15) is 46.0 Å². The van der Waals surface area contributed by atoms with Gasteiger partial charge in [0.1, 0.15) is 33.9 Å². The monoisotopic (exact) mass is 743 g/mol. The molecule has 10 nitrogen and oxygen atoms in total. The molecule has 0 saturated carbocycles. The molecule has 4 heterocycles. The largest absolute Gasteiger partial charge is 0.870 e. The van der Waals surface area contributed by atoms with E-state index in [2.05, 4.69) is 9.88 Å². The number of fused-ring (bicyclic) bond motifs is 3. The van der Waals surface area contributed by atoms with Crippen molar-refractivity contribution in [2.24, 2.45) is 5.92 Å². The number of nitrogens with zero attached hydrogens (tertiary/aromatic N) is 2. The molecule has 4 aromatic rings. The Morgan fingerprint density at radius 2 is 1.65 bits per heavy atom. The lowest BCUT2D eigenvalue weighted by Crippen LogP contribution is -2.53. The van der Waals surface area contributed by atoms with E-state index in [0.717, 1.165) is 36.9 Å². The number of rotatable bonds is 11. The van der Waals surface area contributed by atoms with Gasteiger partial charge in [0.25, 0.3) is 0 Å². The van der Waals surface area contributed by atoms with Crippen LogP contribution in [0.25, 0.3) is 0 Å². The zero-order valence-electron chi connectivity index (χ0n) is 27.9. The van der Waals surface area contributed by atoms with E-state index in [4.69, 9.17) is 42.1 Å². The molecule has 2 bridgehead atoms. The van der Waals surface area contributed by atoms with Crippen molar-refractivity contribution in [3.63, 3.8) is 0 Å². The van der Waals surface area contributed by atoms with Gasteiger partial charge in [0.15, 0.2) is 23.9 Å². The molecular weight excluding hydrogens is 707 g/mol. The number of methoxy groups -OCH3 is 2. The Labute approximate surface area is 304 Å². The first-order valence-corrected chi connectivity index (χ1v) is 16.9. The molecule has 3 saturated heterocycles. The molecule has 1 aromatic heterocycles. The van der Waals surface area contributed by atoms with Gasteiger partial charge in [0.2, 0.25) is 0 Å². The van der Waals surface area contributed by atoms with Gasteiger partial charge in [-0.3, -0.25) is 9.80 Å². The average molecular weight is 745 g/mol. The fourth-order valence-corrected chi connectivity index (χ4v) is 7.02. The number of halogens is 4. The predicted octanol–water partition coefficient (Wildman–Crippen LogP) is 7.30. The molecule has 270 valence electrons. The first-order chi connectivity index (χ1) is 24.1. The Morgan fingerprint density at radius 3 is 2.29 bits per heavy atom. The van der Waals surface area contributed by atoms with Crippen LogP contribution in [0.2, 0.25) is 10.0 Å². The third kappa shape index (κ3) is 8.53. The number of nitrogens with one attached hydrogen (secondary N) is 1. The highest BCUT2D eigenvalue weighted by Gasteiger charge is 2.38. The number of carbonyl (C=O) groups excluding carboxylic acids is 2. The first-order valence-electron chi connectivity index (χ1n) is 16.2. The minimum atomic E-state index is -0.917. The summed E-state index contributed by atoms with van der Waals surface area (Å²) < 4.78 is 53.3. The molecule has 2 atom stereocenters. The molecule has 0 radical (unpaired) electrons. The highest BCUT2D eigenvalue weighted by Crippen LogP contribution is 2.36. The number of para-hydroxylation sites is 1. The van der Waals surface area contributed by atoms with Gasteiger partial charge < -0.3 is 24.4 Å². The van der Waals surface area contributed by atoms with Crippen molar-refractivity contribution < 1.29 is 47.8 Å². The van der Waals surface area contributed by atoms with Crippen LogP contribution in [-0.4, -0.2) is 62.4 Å². The summed E-state index contributed by atoms with van der Waals surface area (Å²) in [6.07, 6.45) is 2.95. The third-order valence-corrected chi connectivity index (χ3v) is 9.91. The Morgan fingerprint density at radius 1 is 0.941 bits per heavy atom. The predicted molar refractivity (Wildman–Crippen MR) is 185 cm³/mol. The zero-order valence-corrected chi connectivity index (χ0v) is 29.4. The highest BCUT2D eigenvalue weighted by molar-refractivity contribution is 6.35. The van der Waals surface area contributed by atoms with Gasteiger partial charge in [-0.15, -0.1) is 0 Å². The van der Waals surface area contributed by atoms with E-state index < -0.39 is 36.3 Å². The minimum Gasteiger partial charge on any atom is -0.870 e. The van der Waals surface area contributed by atoms with Gasteiger partial charge in [-0.05, 0) is 79.9 Å². The summed E-state index contributed by atoms with van der Waals surface area (Å²) in [5, 5.41) is 0.669. The van der Waals surface area contributed by atoms with Gasteiger partial charge in [-0.25, -0.2) is 23.4 Å². The normalized spacial score (nSPS) is 18.3. The number of benzene rings is 3. The molecular formula is C37H37Cl2F2N3O7. The van der Waals surface area contributed by atoms with Crippen LogP contribution >= 0.6 is 23.2 Å². The second kappa shape index (κ2) is 16.7. The molecule has 0 spiro atoms. The number of amides is 1. The Kier molecular flexibility index (Phi) is 12.4. The zero-order chi connectivity index (χ0) is 35.4. The van der Waals surface area contributed by atoms with Crippen LogP contribution in [0.15, 0.2) is 73.1 Å². The van der Waals surface area contributed by atoms with E-state index in [1.165, 1.54) is 44.6 Å². The van der Waals surface area contributed by atoms with Crippen molar-refractivity contribution in [2.45, 2.75) is 38.0 Å².